The van der Waals surface area contributed by atoms with Crippen LogP contribution in [0, 0.1) is 18.3 Å². The summed E-state index contributed by atoms with van der Waals surface area (Å²) >= 11 is 8.07. The molecule has 0 atom stereocenters. The van der Waals surface area contributed by atoms with Gasteiger partial charge in [-0.05, 0) is 37.1 Å². The van der Waals surface area contributed by atoms with E-state index in [2.05, 4.69) is 26.3 Å². The summed E-state index contributed by atoms with van der Waals surface area (Å²) in [5.41, 5.74) is 3.04. The Kier molecular flexibility index (Phi) is 6.40. The molecule has 1 aromatic carbocycles. The molecule has 2 aromatic heterocycles. The predicted molar refractivity (Wildman–Crippen MR) is 115 cm³/mol. The Bertz CT molecular complexity index is 998. The number of aryl methyl sites for hydroxylation is 1. The fraction of sp³-hybridized carbons (Fsp3) is 0.105. The van der Waals surface area contributed by atoms with Gasteiger partial charge in [0, 0.05) is 11.8 Å². The number of hydrogen-bond acceptors (Lipinski definition) is 7. The first-order chi connectivity index (χ1) is 13.1. The first kappa shape index (κ1) is 19.3. The summed E-state index contributed by atoms with van der Waals surface area (Å²) in [7, 11) is 0. The lowest BCUT2D eigenvalue weighted by Crippen LogP contribution is -2.08. The van der Waals surface area contributed by atoms with Crippen molar-refractivity contribution in [1.29, 1.82) is 5.26 Å². The number of nitrogens with one attached hydrogen (secondary N) is 1. The summed E-state index contributed by atoms with van der Waals surface area (Å²) in [5, 5.41) is 13.9. The third kappa shape index (κ3) is 4.83. The van der Waals surface area contributed by atoms with E-state index in [0.717, 1.165) is 11.1 Å². The Morgan fingerprint density at radius 1 is 1.15 bits per heavy atom. The van der Waals surface area contributed by atoms with Crippen LogP contribution in [0.3, 0.4) is 0 Å². The van der Waals surface area contributed by atoms with Crippen molar-refractivity contribution in [3.8, 4) is 17.3 Å². The second-order valence-electron chi connectivity index (χ2n) is 5.45. The molecule has 0 aliphatic heterocycles. The number of aromatic nitrogens is 3. The molecule has 0 amide bonds. The number of rotatable bonds is 4. The number of thiocarbonyl (C=S) groups is 1. The number of hydrogen-bond donors (Lipinski definition) is 1. The molecule has 3 rings (SSSR count). The molecule has 5 nitrogen and oxygen atoms in total. The minimum Gasteiger partial charge on any atom is -0.326 e. The molecular weight excluding hydrogens is 394 g/mol. The molecular formula is C19H15N5S3. The van der Waals surface area contributed by atoms with Crippen molar-refractivity contribution in [2.75, 3.05) is 11.6 Å². The van der Waals surface area contributed by atoms with Gasteiger partial charge in [0.1, 0.15) is 26.8 Å². The molecule has 8 heteroatoms. The van der Waals surface area contributed by atoms with Crippen molar-refractivity contribution in [3.05, 3.63) is 59.8 Å². The molecule has 3 aromatic rings. The van der Waals surface area contributed by atoms with E-state index in [-0.39, 0.29) is 0 Å². The van der Waals surface area contributed by atoms with Crippen LogP contribution in [0.25, 0.3) is 11.3 Å². The van der Waals surface area contributed by atoms with Crippen LogP contribution in [0.4, 0.5) is 5.82 Å². The zero-order valence-electron chi connectivity index (χ0n) is 14.6. The molecule has 27 heavy (non-hydrogen) atoms. The van der Waals surface area contributed by atoms with Crippen LogP contribution in [0.1, 0.15) is 11.1 Å². The molecule has 0 spiro atoms. The standard InChI is InChI=1S/C19H15N5S3/c1-12-6-8-13(9-7-12)16-14(11-20)17(24-18(23-16)26-2)27-19(25)22-15-5-3-4-10-21-15/h3-10H,1-2H3,(H,21,22,25). The molecule has 0 unspecified atom stereocenters. The van der Waals surface area contributed by atoms with Gasteiger partial charge in [-0.2, -0.15) is 5.26 Å². The number of pyridine rings is 1. The van der Waals surface area contributed by atoms with E-state index in [1.54, 1.807) is 6.20 Å². The summed E-state index contributed by atoms with van der Waals surface area (Å²) in [4.78, 5) is 13.2. The molecule has 2 heterocycles. The first-order valence-electron chi connectivity index (χ1n) is 7.93. The smallest absolute Gasteiger partial charge is 0.189 e. The summed E-state index contributed by atoms with van der Waals surface area (Å²) in [6.45, 7) is 2.02. The average molecular weight is 410 g/mol. The number of nitrogens with zero attached hydrogens (tertiary/aromatic N) is 4. The SMILES string of the molecule is CSc1nc(SC(=S)Nc2ccccn2)c(C#N)c(-c2ccc(C)cc2)n1. The second kappa shape index (κ2) is 8.95. The minimum absolute atomic E-state index is 0.409. The summed E-state index contributed by atoms with van der Waals surface area (Å²) in [5.74, 6) is 0.645. The highest BCUT2D eigenvalue weighted by atomic mass is 32.2. The third-order valence-electron chi connectivity index (χ3n) is 3.56. The fourth-order valence-electron chi connectivity index (χ4n) is 2.26. The van der Waals surface area contributed by atoms with Gasteiger partial charge in [-0.1, -0.05) is 59.9 Å². The van der Waals surface area contributed by atoms with Crippen molar-refractivity contribution in [1.82, 2.24) is 15.0 Å². The van der Waals surface area contributed by atoms with Gasteiger partial charge in [-0.25, -0.2) is 15.0 Å². The van der Waals surface area contributed by atoms with Gasteiger partial charge < -0.3 is 5.32 Å². The van der Waals surface area contributed by atoms with Crippen LogP contribution in [0.2, 0.25) is 0 Å². The van der Waals surface area contributed by atoms with Gasteiger partial charge in [0.15, 0.2) is 5.16 Å². The van der Waals surface area contributed by atoms with E-state index in [9.17, 15) is 5.26 Å². The molecule has 0 fully saturated rings. The second-order valence-corrected chi connectivity index (χ2v) is 7.89. The molecule has 0 radical (unpaired) electrons. The van der Waals surface area contributed by atoms with Crippen LogP contribution < -0.4 is 5.32 Å². The summed E-state index contributed by atoms with van der Waals surface area (Å²) in [6, 6.07) is 15.7. The van der Waals surface area contributed by atoms with Gasteiger partial charge in [0.2, 0.25) is 0 Å². The maximum Gasteiger partial charge on any atom is 0.189 e. The van der Waals surface area contributed by atoms with Crippen LogP contribution in [0.15, 0.2) is 58.8 Å². The number of nitriles is 1. The van der Waals surface area contributed by atoms with Crippen molar-refractivity contribution in [2.45, 2.75) is 17.1 Å². The van der Waals surface area contributed by atoms with Gasteiger partial charge in [-0.15, -0.1) is 0 Å². The number of benzene rings is 1. The van der Waals surface area contributed by atoms with Crippen molar-refractivity contribution in [2.24, 2.45) is 0 Å². The maximum absolute atomic E-state index is 9.76. The molecule has 0 saturated carbocycles. The van der Waals surface area contributed by atoms with E-state index in [4.69, 9.17) is 12.2 Å². The highest BCUT2D eigenvalue weighted by molar-refractivity contribution is 8.23. The molecule has 0 aliphatic rings. The van der Waals surface area contributed by atoms with Crippen LogP contribution >= 0.6 is 35.7 Å². The van der Waals surface area contributed by atoms with E-state index in [1.807, 2.05) is 55.6 Å². The summed E-state index contributed by atoms with van der Waals surface area (Å²) in [6.07, 6.45) is 3.58. The van der Waals surface area contributed by atoms with Crippen molar-refractivity contribution < 1.29 is 0 Å². The Hall–Kier alpha value is -2.47. The van der Waals surface area contributed by atoms with Gasteiger partial charge in [0.25, 0.3) is 0 Å². The monoisotopic (exact) mass is 409 g/mol. The van der Waals surface area contributed by atoms with Crippen LogP contribution in [-0.4, -0.2) is 25.5 Å². The Labute approximate surface area is 171 Å². The topological polar surface area (TPSA) is 74.5 Å². The predicted octanol–water partition coefficient (Wildman–Crippen LogP) is 4.93. The van der Waals surface area contributed by atoms with Gasteiger partial charge in [-0.3, -0.25) is 0 Å². The fourth-order valence-corrected chi connectivity index (χ4v) is 3.73. The lowest BCUT2D eigenvalue weighted by molar-refractivity contribution is 0.892. The minimum atomic E-state index is 0.409. The maximum atomic E-state index is 9.76. The summed E-state index contributed by atoms with van der Waals surface area (Å²) < 4.78 is 0.464. The quantitative estimate of drug-likeness (QED) is 0.281. The number of thioether (sulfide) groups is 2. The molecule has 0 saturated heterocycles. The third-order valence-corrected chi connectivity index (χ3v) is 5.24. The first-order valence-corrected chi connectivity index (χ1v) is 10.4. The van der Waals surface area contributed by atoms with E-state index < -0.39 is 0 Å². The van der Waals surface area contributed by atoms with Gasteiger partial charge >= 0.3 is 0 Å². The lowest BCUT2D eigenvalue weighted by atomic mass is 10.1. The van der Waals surface area contributed by atoms with E-state index in [1.165, 1.54) is 23.5 Å². The van der Waals surface area contributed by atoms with Crippen molar-refractivity contribution in [3.63, 3.8) is 0 Å². The molecule has 1 N–H and O–H groups in total. The molecule has 0 bridgehead atoms. The number of anilines is 1. The Morgan fingerprint density at radius 3 is 2.56 bits per heavy atom. The van der Waals surface area contributed by atoms with Gasteiger partial charge in [0.05, 0.1) is 5.69 Å². The normalized spacial score (nSPS) is 10.3. The van der Waals surface area contributed by atoms with Crippen LogP contribution in [0.5, 0.6) is 0 Å². The largest absolute Gasteiger partial charge is 0.326 e. The van der Waals surface area contributed by atoms with E-state index in [0.29, 0.717) is 31.6 Å². The highest BCUT2D eigenvalue weighted by Gasteiger charge is 2.18. The highest BCUT2D eigenvalue weighted by Crippen LogP contribution is 2.31. The van der Waals surface area contributed by atoms with E-state index >= 15 is 0 Å². The lowest BCUT2D eigenvalue weighted by Gasteiger charge is -2.11. The van der Waals surface area contributed by atoms with Crippen LogP contribution in [-0.2, 0) is 0 Å². The zero-order valence-corrected chi connectivity index (χ0v) is 17.1. The Morgan fingerprint density at radius 2 is 1.93 bits per heavy atom. The Balaban J connectivity index is 1.97. The average Bonchev–Trinajstić information content (AvgIpc) is 2.68. The zero-order chi connectivity index (χ0) is 19.2. The molecule has 0 aliphatic carbocycles. The molecule has 134 valence electrons. The van der Waals surface area contributed by atoms with Crippen molar-refractivity contribution >= 4 is 45.9 Å².